The second-order valence-corrected chi connectivity index (χ2v) is 11.7. The molecule has 2 nitrogen and oxygen atoms in total. The topological polar surface area (TPSA) is 18.5 Å². The summed E-state index contributed by atoms with van der Waals surface area (Å²) >= 11 is 11.0. The molecule has 19 heavy (non-hydrogen) atoms. The van der Waals surface area contributed by atoms with Gasteiger partial charge < -0.3 is 9.16 Å². The first-order chi connectivity index (χ1) is 8.70. The Morgan fingerprint density at radius 3 is 2.05 bits per heavy atom. The van der Waals surface area contributed by atoms with Gasteiger partial charge in [-0.1, -0.05) is 38.8 Å². The van der Waals surface area contributed by atoms with Gasteiger partial charge in [0.05, 0.1) is 12.1 Å². The minimum Gasteiger partial charge on any atom is -0.482 e. The molecule has 0 aromatic heterocycles. The zero-order valence-corrected chi connectivity index (χ0v) is 15.4. The van der Waals surface area contributed by atoms with Gasteiger partial charge in [-0.15, -0.1) is 0 Å². The highest BCUT2D eigenvalue weighted by Gasteiger charge is 2.36. The molecule has 0 aliphatic carbocycles. The Morgan fingerprint density at radius 1 is 1.05 bits per heavy atom. The van der Waals surface area contributed by atoms with Crippen molar-refractivity contribution in [3.63, 3.8) is 0 Å². The summed E-state index contributed by atoms with van der Waals surface area (Å²) in [6.07, 6.45) is 4.42. The number of hydrogen-bond acceptors (Lipinski definition) is 2. The Bertz CT molecular complexity index is 273. The smallest absolute Gasteiger partial charge is 0.198 e. The van der Waals surface area contributed by atoms with Crippen molar-refractivity contribution in [2.45, 2.75) is 64.6 Å². The van der Waals surface area contributed by atoms with Crippen molar-refractivity contribution in [1.29, 1.82) is 0 Å². The third kappa shape index (κ3) is 8.95. The fourth-order valence-electron chi connectivity index (χ4n) is 1.30. The minimum atomic E-state index is -1.56. The lowest BCUT2D eigenvalue weighted by Gasteiger charge is -2.36. The Balaban J connectivity index is 3.51. The standard InChI is InChI=1S/C14H28Cl2O2Si/c1-14(2,3)19(4,5)18-11-9-7-6-8-10-17-13(16)12-15/h12H,6-11H2,1-5H3/b13-12+. The Labute approximate surface area is 129 Å². The molecule has 0 amide bonds. The molecule has 0 spiro atoms. The molecule has 0 saturated heterocycles. The van der Waals surface area contributed by atoms with Crippen LogP contribution >= 0.6 is 23.2 Å². The van der Waals surface area contributed by atoms with E-state index < -0.39 is 8.32 Å². The summed E-state index contributed by atoms with van der Waals surface area (Å²) in [4.78, 5) is 0. The van der Waals surface area contributed by atoms with Crippen LogP contribution in [0.3, 0.4) is 0 Å². The van der Waals surface area contributed by atoms with Crippen molar-refractivity contribution in [2.24, 2.45) is 0 Å². The van der Waals surface area contributed by atoms with Crippen LogP contribution in [-0.4, -0.2) is 21.5 Å². The Hall–Kier alpha value is 0.297. The average Bonchev–Trinajstić information content (AvgIpc) is 2.30. The summed E-state index contributed by atoms with van der Waals surface area (Å²) in [5, 5.41) is 0.564. The first-order valence-electron chi connectivity index (χ1n) is 6.93. The van der Waals surface area contributed by atoms with Crippen LogP contribution in [0.5, 0.6) is 0 Å². The van der Waals surface area contributed by atoms with Gasteiger partial charge in [-0.2, -0.15) is 0 Å². The summed E-state index contributed by atoms with van der Waals surface area (Å²) in [5.41, 5.74) is 1.24. The van der Waals surface area contributed by atoms with Crippen molar-refractivity contribution >= 4 is 31.5 Å². The lowest BCUT2D eigenvalue weighted by molar-refractivity contribution is 0.225. The van der Waals surface area contributed by atoms with Crippen LogP contribution in [0.25, 0.3) is 0 Å². The number of halogens is 2. The number of rotatable bonds is 9. The van der Waals surface area contributed by atoms with Crippen LogP contribution in [0.4, 0.5) is 0 Å². The number of hydrogen-bond donors (Lipinski definition) is 0. The molecule has 0 atom stereocenters. The number of unbranched alkanes of at least 4 members (excludes halogenated alkanes) is 3. The van der Waals surface area contributed by atoms with E-state index in [0.29, 0.717) is 11.6 Å². The highest BCUT2D eigenvalue weighted by atomic mass is 35.5. The van der Waals surface area contributed by atoms with Crippen LogP contribution in [0.1, 0.15) is 46.5 Å². The van der Waals surface area contributed by atoms with E-state index >= 15 is 0 Å². The SMILES string of the molecule is CC(C)(C)[Si](C)(C)OCCCCCCO/C(Cl)=C/Cl. The van der Waals surface area contributed by atoms with E-state index in [-0.39, 0.29) is 5.22 Å². The van der Waals surface area contributed by atoms with Crippen molar-refractivity contribution in [3.05, 3.63) is 10.8 Å². The monoisotopic (exact) mass is 326 g/mol. The van der Waals surface area contributed by atoms with Gasteiger partial charge in [0.25, 0.3) is 0 Å². The molecule has 0 N–H and O–H groups in total. The normalized spacial score (nSPS) is 13.7. The quantitative estimate of drug-likeness (QED) is 0.300. The zero-order valence-electron chi connectivity index (χ0n) is 12.9. The van der Waals surface area contributed by atoms with Gasteiger partial charge in [0.1, 0.15) is 0 Å². The summed E-state index contributed by atoms with van der Waals surface area (Å²) in [5.74, 6) is 0. The van der Waals surface area contributed by atoms with Crippen molar-refractivity contribution < 1.29 is 9.16 Å². The maximum Gasteiger partial charge on any atom is 0.198 e. The van der Waals surface area contributed by atoms with E-state index in [1.165, 1.54) is 12.0 Å². The Morgan fingerprint density at radius 2 is 1.58 bits per heavy atom. The van der Waals surface area contributed by atoms with E-state index in [1.807, 2.05) is 0 Å². The van der Waals surface area contributed by atoms with Crippen LogP contribution in [0.2, 0.25) is 18.1 Å². The molecule has 0 aromatic rings. The maximum atomic E-state index is 6.12. The van der Waals surface area contributed by atoms with E-state index in [0.717, 1.165) is 25.9 Å². The lowest BCUT2D eigenvalue weighted by atomic mass is 10.2. The average molecular weight is 327 g/mol. The largest absolute Gasteiger partial charge is 0.482 e. The predicted octanol–water partition coefficient (Wildman–Crippen LogP) is 5.86. The Kier molecular flexibility index (Phi) is 9.42. The molecule has 0 aliphatic heterocycles. The number of ether oxygens (including phenoxy) is 1. The van der Waals surface area contributed by atoms with E-state index in [1.54, 1.807) is 0 Å². The van der Waals surface area contributed by atoms with Crippen molar-refractivity contribution in [2.75, 3.05) is 13.2 Å². The summed E-state index contributed by atoms with van der Waals surface area (Å²) in [6, 6.07) is 0. The molecule has 114 valence electrons. The van der Waals surface area contributed by atoms with Crippen molar-refractivity contribution in [1.82, 2.24) is 0 Å². The summed E-state index contributed by atoms with van der Waals surface area (Å²) in [7, 11) is -1.56. The first-order valence-corrected chi connectivity index (χ1v) is 10.7. The second-order valence-electron chi connectivity index (χ2n) is 6.28. The maximum absolute atomic E-state index is 6.12. The minimum absolute atomic E-state index is 0.267. The highest BCUT2D eigenvalue weighted by molar-refractivity contribution is 6.74. The van der Waals surface area contributed by atoms with E-state index in [9.17, 15) is 0 Å². The summed E-state index contributed by atoms with van der Waals surface area (Å²) in [6.45, 7) is 12.9. The van der Waals surface area contributed by atoms with Gasteiger partial charge >= 0.3 is 0 Å². The summed E-state index contributed by atoms with van der Waals surface area (Å²) < 4.78 is 11.3. The molecular formula is C14H28Cl2O2Si. The van der Waals surface area contributed by atoms with Gasteiger partial charge in [-0.25, -0.2) is 0 Å². The molecule has 0 rings (SSSR count). The fraction of sp³-hybridized carbons (Fsp3) is 0.857. The second kappa shape index (κ2) is 9.27. The third-order valence-corrected chi connectivity index (χ3v) is 8.70. The molecule has 0 bridgehead atoms. The molecule has 0 aliphatic rings. The van der Waals surface area contributed by atoms with Crippen LogP contribution in [0.15, 0.2) is 10.8 Å². The molecule has 0 aromatic carbocycles. The highest BCUT2D eigenvalue weighted by Crippen LogP contribution is 2.36. The van der Waals surface area contributed by atoms with Gasteiger partial charge in [0.15, 0.2) is 13.5 Å². The molecule has 0 radical (unpaired) electrons. The third-order valence-electron chi connectivity index (χ3n) is 3.63. The van der Waals surface area contributed by atoms with Crippen molar-refractivity contribution in [3.8, 4) is 0 Å². The molecule has 0 fully saturated rings. The van der Waals surface area contributed by atoms with Crippen LogP contribution < -0.4 is 0 Å². The lowest BCUT2D eigenvalue weighted by Crippen LogP contribution is -2.40. The fourth-order valence-corrected chi connectivity index (χ4v) is 2.53. The van der Waals surface area contributed by atoms with E-state index in [2.05, 4.69) is 33.9 Å². The molecule has 5 heteroatoms. The molecule has 0 heterocycles. The van der Waals surface area contributed by atoms with E-state index in [4.69, 9.17) is 32.4 Å². The van der Waals surface area contributed by atoms with Gasteiger partial charge in [0, 0.05) is 6.61 Å². The molecular weight excluding hydrogens is 299 g/mol. The zero-order chi connectivity index (χ0) is 14.9. The first kappa shape index (κ1) is 19.3. The molecule has 0 unspecified atom stereocenters. The predicted molar refractivity (Wildman–Crippen MR) is 87.4 cm³/mol. The van der Waals surface area contributed by atoms with Gasteiger partial charge in [0.2, 0.25) is 0 Å². The van der Waals surface area contributed by atoms with Gasteiger partial charge in [-0.3, -0.25) is 0 Å². The van der Waals surface area contributed by atoms with Gasteiger partial charge in [-0.05, 0) is 49.0 Å². The molecule has 0 saturated carbocycles. The van der Waals surface area contributed by atoms with Crippen LogP contribution in [-0.2, 0) is 9.16 Å². The van der Waals surface area contributed by atoms with Crippen LogP contribution in [0, 0.1) is 0 Å².